The molecule has 2 aromatic rings. The largest absolute Gasteiger partial charge is 0.496 e. The van der Waals surface area contributed by atoms with E-state index in [1.165, 1.54) is 10.4 Å². The quantitative estimate of drug-likeness (QED) is 0.766. The molecule has 9 heteroatoms. The van der Waals surface area contributed by atoms with Gasteiger partial charge in [0.2, 0.25) is 5.91 Å². The Morgan fingerprint density at radius 2 is 2.11 bits per heavy atom. The van der Waals surface area contributed by atoms with Gasteiger partial charge in [0.1, 0.15) is 9.96 Å². The summed E-state index contributed by atoms with van der Waals surface area (Å²) in [5.41, 5.74) is 0.877. The molecule has 146 valence electrons. The summed E-state index contributed by atoms with van der Waals surface area (Å²) in [4.78, 5) is 12.6. The Bertz CT molecular complexity index is 914. The minimum Gasteiger partial charge on any atom is -0.496 e. The molecule has 0 radical (unpaired) electrons. The molecule has 0 saturated carbocycles. The number of sulfonamides is 1. The highest BCUT2D eigenvalue weighted by atomic mass is 35.5. The van der Waals surface area contributed by atoms with Crippen molar-refractivity contribution in [2.75, 3.05) is 20.2 Å². The van der Waals surface area contributed by atoms with Gasteiger partial charge in [-0.1, -0.05) is 29.8 Å². The van der Waals surface area contributed by atoms with Crippen molar-refractivity contribution in [2.45, 2.75) is 23.6 Å². The van der Waals surface area contributed by atoms with E-state index in [4.69, 9.17) is 16.3 Å². The van der Waals surface area contributed by atoms with Crippen LogP contribution < -0.4 is 10.1 Å². The van der Waals surface area contributed by atoms with Crippen molar-refractivity contribution in [3.05, 3.63) is 46.3 Å². The molecule has 1 fully saturated rings. The van der Waals surface area contributed by atoms with Crippen molar-refractivity contribution in [2.24, 2.45) is 5.92 Å². The molecule has 0 spiro atoms. The van der Waals surface area contributed by atoms with E-state index < -0.39 is 10.0 Å². The molecule has 0 aliphatic carbocycles. The molecule has 1 N–H and O–H groups in total. The van der Waals surface area contributed by atoms with E-state index in [1.54, 1.807) is 13.2 Å². The number of nitrogens with one attached hydrogen (secondary N) is 1. The summed E-state index contributed by atoms with van der Waals surface area (Å²) in [6.45, 7) is 0.927. The average Bonchev–Trinajstić information content (AvgIpc) is 3.13. The number of carbonyl (C=O) groups is 1. The first-order valence-electron chi connectivity index (χ1n) is 8.57. The van der Waals surface area contributed by atoms with Crippen LogP contribution in [0.25, 0.3) is 0 Å². The molecule has 27 heavy (non-hydrogen) atoms. The summed E-state index contributed by atoms with van der Waals surface area (Å²) in [5.74, 6) is 0.184. The Balaban J connectivity index is 1.64. The number of amides is 1. The third kappa shape index (κ3) is 4.63. The maximum atomic E-state index is 12.8. The predicted octanol–water partition coefficient (Wildman–Crippen LogP) is 3.13. The predicted molar refractivity (Wildman–Crippen MR) is 106 cm³/mol. The zero-order valence-electron chi connectivity index (χ0n) is 14.9. The number of carbonyl (C=O) groups excluding carboxylic acids is 1. The molecule has 1 aromatic heterocycles. The number of piperidine rings is 1. The topological polar surface area (TPSA) is 75.7 Å². The smallest absolute Gasteiger partial charge is 0.252 e. The van der Waals surface area contributed by atoms with Crippen LogP contribution in [0.5, 0.6) is 5.75 Å². The van der Waals surface area contributed by atoms with Crippen LogP contribution in [-0.4, -0.2) is 38.8 Å². The fourth-order valence-electron chi connectivity index (χ4n) is 3.11. The first-order valence-corrected chi connectivity index (χ1v) is 11.2. The molecule has 1 saturated heterocycles. The van der Waals surface area contributed by atoms with Crippen molar-refractivity contribution < 1.29 is 17.9 Å². The maximum absolute atomic E-state index is 12.8. The summed E-state index contributed by atoms with van der Waals surface area (Å²) >= 11 is 6.90. The standard InChI is InChI=1S/C18H21ClN2O4S2/c1-25-15-7-3-2-5-13(15)11-20-18(22)14-6-4-10-21(12-14)27(23,24)17-9-8-16(19)26-17/h2-3,5,7-9,14H,4,6,10-12H2,1H3,(H,20,22). The number of para-hydroxylation sites is 1. The first kappa shape index (κ1) is 20.1. The SMILES string of the molecule is COc1ccccc1CNC(=O)C1CCCN(S(=O)(=O)c2ccc(Cl)s2)C1. The Kier molecular flexibility index (Phi) is 6.41. The van der Waals surface area contributed by atoms with E-state index in [2.05, 4.69) is 5.32 Å². The molecule has 1 amide bonds. The van der Waals surface area contributed by atoms with Crippen molar-refractivity contribution in [1.29, 1.82) is 0 Å². The molecule has 1 aliphatic rings. The fourth-order valence-corrected chi connectivity index (χ4v) is 6.27. The molecular weight excluding hydrogens is 408 g/mol. The monoisotopic (exact) mass is 428 g/mol. The number of ether oxygens (including phenoxy) is 1. The zero-order valence-corrected chi connectivity index (χ0v) is 17.2. The third-order valence-electron chi connectivity index (χ3n) is 4.54. The van der Waals surface area contributed by atoms with E-state index in [1.807, 2.05) is 24.3 Å². The Hall–Kier alpha value is -1.61. The number of nitrogens with zero attached hydrogens (tertiary/aromatic N) is 1. The number of hydrogen-bond donors (Lipinski definition) is 1. The van der Waals surface area contributed by atoms with Gasteiger partial charge in [0.15, 0.2) is 0 Å². The summed E-state index contributed by atoms with van der Waals surface area (Å²) in [7, 11) is -2.03. The van der Waals surface area contributed by atoms with Gasteiger partial charge in [-0.25, -0.2) is 8.42 Å². The lowest BCUT2D eigenvalue weighted by molar-refractivity contribution is -0.126. The Morgan fingerprint density at radius 3 is 2.81 bits per heavy atom. The maximum Gasteiger partial charge on any atom is 0.252 e. The molecule has 2 heterocycles. The Morgan fingerprint density at radius 1 is 1.33 bits per heavy atom. The Labute approximate surface area is 168 Å². The first-order chi connectivity index (χ1) is 12.9. The minimum atomic E-state index is -3.62. The third-order valence-corrected chi connectivity index (χ3v) is 8.11. The van der Waals surface area contributed by atoms with Crippen LogP contribution in [0.1, 0.15) is 18.4 Å². The lowest BCUT2D eigenvalue weighted by atomic mass is 9.98. The molecule has 1 atom stereocenters. The molecule has 6 nitrogen and oxygen atoms in total. The van der Waals surface area contributed by atoms with Gasteiger partial charge in [-0.05, 0) is 31.0 Å². The fraction of sp³-hybridized carbons (Fsp3) is 0.389. The summed E-state index contributed by atoms with van der Waals surface area (Å²) in [6.07, 6.45) is 1.31. The highest BCUT2D eigenvalue weighted by Crippen LogP contribution is 2.30. The van der Waals surface area contributed by atoms with Gasteiger partial charge in [-0.15, -0.1) is 11.3 Å². The van der Waals surface area contributed by atoms with Crippen LogP contribution in [0.15, 0.2) is 40.6 Å². The zero-order chi connectivity index (χ0) is 19.4. The van der Waals surface area contributed by atoms with Crippen LogP contribution in [0.2, 0.25) is 4.34 Å². The number of rotatable bonds is 6. The molecular formula is C18H21ClN2O4S2. The highest BCUT2D eigenvalue weighted by molar-refractivity contribution is 7.91. The lowest BCUT2D eigenvalue weighted by Gasteiger charge is -2.30. The molecule has 1 aromatic carbocycles. The molecule has 3 rings (SSSR count). The van der Waals surface area contributed by atoms with Crippen LogP contribution in [-0.2, 0) is 21.4 Å². The van der Waals surface area contributed by atoms with Gasteiger partial charge < -0.3 is 10.1 Å². The minimum absolute atomic E-state index is 0.148. The normalized spacial score (nSPS) is 18.2. The number of methoxy groups -OCH3 is 1. The van der Waals surface area contributed by atoms with Gasteiger partial charge in [0.05, 0.1) is 17.4 Å². The van der Waals surface area contributed by atoms with Crippen LogP contribution >= 0.6 is 22.9 Å². The van der Waals surface area contributed by atoms with Gasteiger partial charge in [-0.2, -0.15) is 4.31 Å². The van der Waals surface area contributed by atoms with Crippen LogP contribution in [0, 0.1) is 5.92 Å². The van der Waals surface area contributed by atoms with Crippen molar-refractivity contribution >= 4 is 38.9 Å². The highest BCUT2D eigenvalue weighted by Gasteiger charge is 2.34. The van der Waals surface area contributed by atoms with Gasteiger partial charge in [-0.3, -0.25) is 4.79 Å². The van der Waals surface area contributed by atoms with Crippen LogP contribution in [0.3, 0.4) is 0 Å². The second-order valence-corrected chi connectivity index (χ2v) is 10.2. The van der Waals surface area contributed by atoms with Gasteiger partial charge in [0.25, 0.3) is 10.0 Å². The average molecular weight is 429 g/mol. The lowest BCUT2D eigenvalue weighted by Crippen LogP contribution is -2.45. The van der Waals surface area contributed by atoms with E-state index in [0.717, 1.165) is 16.9 Å². The molecule has 0 bridgehead atoms. The van der Waals surface area contributed by atoms with Crippen LogP contribution in [0.4, 0.5) is 0 Å². The molecule has 1 aliphatic heterocycles. The molecule has 1 unspecified atom stereocenters. The number of benzene rings is 1. The van der Waals surface area contributed by atoms with E-state index in [0.29, 0.717) is 36.0 Å². The second kappa shape index (κ2) is 8.60. The van der Waals surface area contributed by atoms with E-state index >= 15 is 0 Å². The van der Waals surface area contributed by atoms with Crippen molar-refractivity contribution in [3.8, 4) is 5.75 Å². The summed E-state index contributed by atoms with van der Waals surface area (Å²) < 4.78 is 32.8. The summed E-state index contributed by atoms with van der Waals surface area (Å²) in [6, 6.07) is 10.5. The number of halogens is 1. The van der Waals surface area contributed by atoms with Gasteiger partial charge in [0, 0.05) is 25.2 Å². The van der Waals surface area contributed by atoms with Crippen molar-refractivity contribution in [3.63, 3.8) is 0 Å². The number of thiophene rings is 1. The second-order valence-electron chi connectivity index (χ2n) is 6.29. The van der Waals surface area contributed by atoms with Gasteiger partial charge >= 0.3 is 0 Å². The summed E-state index contributed by atoms with van der Waals surface area (Å²) in [5, 5.41) is 2.90. The van der Waals surface area contributed by atoms with E-state index in [9.17, 15) is 13.2 Å². The van der Waals surface area contributed by atoms with Crippen molar-refractivity contribution in [1.82, 2.24) is 9.62 Å². The van der Waals surface area contributed by atoms with E-state index in [-0.39, 0.29) is 22.6 Å². The number of hydrogen-bond acceptors (Lipinski definition) is 5.